The minimum atomic E-state index is -0.0433. The van der Waals surface area contributed by atoms with Gasteiger partial charge in [-0.05, 0) is 48.4 Å². The lowest BCUT2D eigenvalue weighted by atomic mass is 10.1. The molecular weight excluding hydrogens is 321 g/mol. The molecule has 0 saturated heterocycles. The molecule has 0 atom stereocenters. The van der Waals surface area contributed by atoms with Gasteiger partial charge in [0.25, 0.3) is 0 Å². The summed E-state index contributed by atoms with van der Waals surface area (Å²) >= 11 is 11.8. The molecule has 0 fully saturated rings. The van der Waals surface area contributed by atoms with Gasteiger partial charge in [0.1, 0.15) is 12.4 Å². The fourth-order valence-corrected chi connectivity index (χ4v) is 2.16. The maximum Gasteiger partial charge on any atom is 0.224 e. The zero-order chi connectivity index (χ0) is 15.9. The molecule has 0 saturated carbocycles. The Bertz CT molecular complexity index is 642. The molecule has 0 spiro atoms. The third kappa shape index (κ3) is 5.24. The van der Waals surface area contributed by atoms with Gasteiger partial charge >= 0.3 is 0 Å². The van der Waals surface area contributed by atoms with E-state index in [9.17, 15) is 4.79 Å². The van der Waals surface area contributed by atoms with Crippen molar-refractivity contribution in [1.82, 2.24) is 5.32 Å². The first-order valence-electron chi connectivity index (χ1n) is 6.94. The molecule has 0 unspecified atom stereocenters. The van der Waals surface area contributed by atoms with Crippen molar-refractivity contribution in [2.24, 2.45) is 0 Å². The number of nitrogens with one attached hydrogen (secondary N) is 1. The second-order valence-corrected chi connectivity index (χ2v) is 5.76. The first-order chi connectivity index (χ1) is 10.5. The molecule has 1 N–H and O–H groups in total. The van der Waals surface area contributed by atoms with Gasteiger partial charge in [0.15, 0.2) is 0 Å². The van der Waals surface area contributed by atoms with Crippen molar-refractivity contribution in [3.05, 3.63) is 63.6 Å². The highest BCUT2D eigenvalue weighted by atomic mass is 35.5. The normalized spacial score (nSPS) is 10.3. The lowest BCUT2D eigenvalue weighted by Gasteiger charge is -2.09. The molecule has 2 aromatic carbocycles. The second-order valence-electron chi connectivity index (χ2n) is 4.91. The summed E-state index contributed by atoms with van der Waals surface area (Å²) in [6.07, 6.45) is 0.331. The summed E-state index contributed by atoms with van der Waals surface area (Å²) in [5.41, 5.74) is 1.89. The van der Waals surface area contributed by atoms with E-state index in [2.05, 4.69) is 5.32 Å². The van der Waals surface area contributed by atoms with Crippen LogP contribution >= 0.6 is 23.2 Å². The minimum Gasteiger partial charge on any atom is -0.492 e. The highest BCUT2D eigenvalue weighted by molar-refractivity contribution is 6.31. The number of benzene rings is 2. The molecule has 0 aliphatic rings. The Balaban J connectivity index is 1.70. The summed E-state index contributed by atoms with van der Waals surface area (Å²) in [7, 11) is 0. The highest BCUT2D eigenvalue weighted by Gasteiger charge is 2.03. The van der Waals surface area contributed by atoms with E-state index in [1.54, 1.807) is 18.2 Å². The van der Waals surface area contributed by atoms with Gasteiger partial charge < -0.3 is 10.1 Å². The Labute approximate surface area is 140 Å². The first kappa shape index (κ1) is 16.7. The van der Waals surface area contributed by atoms with Crippen molar-refractivity contribution in [3.8, 4) is 5.75 Å². The molecule has 116 valence electrons. The van der Waals surface area contributed by atoms with E-state index >= 15 is 0 Å². The highest BCUT2D eigenvalue weighted by Crippen LogP contribution is 2.20. The fraction of sp³-hybridized carbons (Fsp3) is 0.235. The Kier molecular flexibility index (Phi) is 6.10. The fourth-order valence-electron chi connectivity index (χ4n) is 1.92. The van der Waals surface area contributed by atoms with E-state index in [4.69, 9.17) is 27.9 Å². The summed E-state index contributed by atoms with van der Waals surface area (Å²) in [5.74, 6) is 0.701. The van der Waals surface area contributed by atoms with Gasteiger partial charge in [-0.1, -0.05) is 35.3 Å². The third-order valence-corrected chi connectivity index (χ3v) is 3.78. The Morgan fingerprint density at radius 3 is 2.55 bits per heavy atom. The van der Waals surface area contributed by atoms with E-state index in [1.807, 2.05) is 31.2 Å². The quantitative estimate of drug-likeness (QED) is 0.808. The molecule has 0 aliphatic heterocycles. The summed E-state index contributed by atoms with van der Waals surface area (Å²) in [5, 5.41) is 4.19. The van der Waals surface area contributed by atoms with E-state index in [1.165, 1.54) is 0 Å². The van der Waals surface area contributed by atoms with Gasteiger partial charge in [-0.25, -0.2) is 0 Å². The van der Waals surface area contributed by atoms with E-state index in [0.717, 1.165) is 16.9 Å². The van der Waals surface area contributed by atoms with Crippen molar-refractivity contribution in [3.63, 3.8) is 0 Å². The molecule has 0 aliphatic carbocycles. The first-order valence-corrected chi connectivity index (χ1v) is 7.70. The maximum absolute atomic E-state index is 11.8. The van der Waals surface area contributed by atoms with Crippen LogP contribution in [0.2, 0.25) is 10.0 Å². The summed E-state index contributed by atoms with van der Waals surface area (Å²) in [6, 6.07) is 12.7. The van der Waals surface area contributed by atoms with Crippen molar-refractivity contribution in [1.29, 1.82) is 0 Å². The largest absolute Gasteiger partial charge is 0.492 e. The molecule has 0 bridgehead atoms. The molecule has 0 heterocycles. The summed E-state index contributed by atoms with van der Waals surface area (Å²) in [4.78, 5) is 11.8. The molecule has 2 aromatic rings. The predicted molar refractivity (Wildman–Crippen MR) is 89.8 cm³/mol. The molecule has 22 heavy (non-hydrogen) atoms. The van der Waals surface area contributed by atoms with Gasteiger partial charge in [-0.2, -0.15) is 0 Å². The van der Waals surface area contributed by atoms with E-state index in [0.29, 0.717) is 29.6 Å². The van der Waals surface area contributed by atoms with Crippen LogP contribution in [0.4, 0.5) is 0 Å². The van der Waals surface area contributed by atoms with E-state index in [-0.39, 0.29) is 5.91 Å². The lowest BCUT2D eigenvalue weighted by molar-refractivity contribution is -0.120. The molecule has 5 heteroatoms. The van der Waals surface area contributed by atoms with Gasteiger partial charge in [-0.3, -0.25) is 4.79 Å². The second kappa shape index (κ2) is 8.06. The number of rotatable bonds is 6. The Hall–Kier alpha value is -1.71. The monoisotopic (exact) mass is 337 g/mol. The van der Waals surface area contributed by atoms with Crippen LogP contribution in [0.1, 0.15) is 11.1 Å². The van der Waals surface area contributed by atoms with Crippen LogP contribution < -0.4 is 10.1 Å². The minimum absolute atomic E-state index is 0.0433. The van der Waals surface area contributed by atoms with Crippen molar-refractivity contribution in [2.75, 3.05) is 13.2 Å². The number of carbonyl (C=O) groups is 1. The van der Waals surface area contributed by atoms with E-state index < -0.39 is 0 Å². The molecule has 1 amide bonds. The van der Waals surface area contributed by atoms with Crippen LogP contribution in [-0.4, -0.2) is 19.1 Å². The zero-order valence-corrected chi connectivity index (χ0v) is 13.7. The predicted octanol–water partition coefficient (Wildman–Crippen LogP) is 4.04. The van der Waals surface area contributed by atoms with Crippen molar-refractivity contribution >= 4 is 29.1 Å². The number of carbonyl (C=O) groups excluding carboxylic acids is 1. The van der Waals surface area contributed by atoms with Gasteiger partial charge in [0.2, 0.25) is 5.91 Å². The smallest absolute Gasteiger partial charge is 0.224 e. The number of halogens is 2. The number of aryl methyl sites for hydroxylation is 1. The van der Waals surface area contributed by atoms with Crippen LogP contribution in [-0.2, 0) is 11.2 Å². The number of hydrogen-bond acceptors (Lipinski definition) is 2. The van der Waals surface area contributed by atoms with Crippen LogP contribution in [0.3, 0.4) is 0 Å². The standard InChI is InChI=1S/C17H17Cl2NO2/c1-12-10-15(6-7-16(12)19)22-9-8-20-17(21)11-13-2-4-14(18)5-3-13/h2-7,10H,8-9,11H2,1H3,(H,20,21). The van der Waals surface area contributed by atoms with Crippen LogP contribution in [0, 0.1) is 6.92 Å². The average Bonchev–Trinajstić information content (AvgIpc) is 2.49. The zero-order valence-electron chi connectivity index (χ0n) is 12.2. The number of hydrogen-bond donors (Lipinski definition) is 1. The van der Waals surface area contributed by atoms with Gasteiger partial charge in [0, 0.05) is 10.0 Å². The number of amides is 1. The Morgan fingerprint density at radius 1 is 1.14 bits per heavy atom. The van der Waals surface area contributed by atoms with Gasteiger partial charge in [-0.15, -0.1) is 0 Å². The molecule has 3 nitrogen and oxygen atoms in total. The number of ether oxygens (including phenoxy) is 1. The van der Waals surface area contributed by atoms with Crippen molar-refractivity contribution < 1.29 is 9.53 Å². The molecular formula is C17H17Cl2NO2. The van der Waals surface area contributed by atoms with Crippen LogP contribution in [0.25, 0.3) is 0 Å². The maximum atomic E-state index is 11.8. The third-order valence-electron chi connectivity index (χ3n) is 3.10. The summed E-state index contributed by atoms with van der Waals surface area (Å²) < 4.78 is 5.57. The van der Waals surface area contributed by atoms with Gasteiger partial charge in [0.05, 0.1) is 13.0 Å². The topological polar surface area (TPSA) is 38.3 Å². The Morgan fingerprint density at radius 2 is 1.86 bits per heavy atom. The molecule has 0 radical (unpaired) electrons. The molecule has 2 rings (SSSR count). The molecule has 0 aromatic heterocycles. The van der Waals surface area contributed by atoms with Crippen LogP contribution in [0.15, 0.2) is 42.5 Å². The lowest BCUT2D eigenvalue weighted by Crippen LogP contribution is -2.29. The van der Waals surface area contributed by atoms with Crippen LogP contribution in [0.5, 0.6) is 5.75 Å². The average molecular weight is 338 g/mol. The van der Waals surface area contributed by atoms with Crippen molar-refractivity contribution in [2.45, 2.75) is 13.3 Å². The summed E-state index contributed by atoms with van der Waals surface area (Å²) in [6.45, 7) is 2.78. The SMILES string of the molecule is Cc1cc(OCCNC(=O)Cc2ccc(Cl)cc2)ccc1Cl.